The van der Waals surface area contributed by atoms with Gasteiger partial charge in [0.15, 0.2) is 11.5 Å². The lowest BCUT2D eigenvalue weighted by Crippen LogP contribution is -2.40. The molecule has 6 heteroatoms. The predicted octanol–water partition coefficient (Wildman–Crippen LogP) is 6.50. The van der Waals surface area contributed by atoms with Crippen molar-refractivity contribution < 1.29 is 14.3 Å². The van der Waals surface area contributed by atoms with E-state index < -0.39 is 0 Å². The molecule has 0 saturated carbocycles. The highest BCUT2D eigenvalue weighted by molar-refractivity contribution is 7.10. The van der Waals surface area contributed by atoms with Crippen molar-refractivity contribution in [1.29, 1.82) is 0 Å². The monoisotopic (exact) mass is 488 g/mol. The highest BCUT2D eigenvalue weighted by Gasteiger charge is 2.34. The van der Waals surface area contributed by atoms with Crippen molar-refractivity contribution in [2.75, 3.05) is 13.7 Å². The van der Waals surface area contributed by atoms with Gasteiger partial charge in [-0.3, -0.25) is 4.79 Å². The zero-order chi connectivity index (χ0) is 24.5. The van der Waals surface area contributed by atoms with E-state index in [4.69, 9.17) is 9.47 Å². The SMILES string of the molecule is CCn1cc(C(=O)N2CCc3ccsc3C2Cc2ccc(OC(C)C)c(OC)c2)c2ccccc21. The number of fused-ring (bicyclic) bond motifs is 2. The summed E-state index contributed by atoms with van der Waals surface area (Å²) in [4.78, 5) is 17.4. The lowest BCUT2D eigenvalue weighted by Gasteiger charge is -2.36. The summed E-state index contributed by atoms with van der Waals surface area (Å²) in [7, 11) is 1.67. The molecule has 35 heavy (non-hydrogen) atoms. The summed E-state index contributed by atoms with van der Waals surface area (Å²) in [5, 5.41) is 3.17. The molecule has 5 nitrogen and oxygen atoms in total. The van der Waals surface area contributed by atoms with Crippen molar-refractivity contribution in [1.82, 2.24) is 9.47 Å². The molecule has 0 bridgehead atoms. The Kier molecular flexibility index (Phi) is 6.56. The summed E-state index contributed by atoms with van der Waals surface area (Å²) in [6, 6.07) is 16.5. The lowest BCUT2D eigenvalue weighted by molar-refractivity contribution is 0.0666. The molecule has 1 unspecified atom stereocenters. The van der Waals surface area contributed by atoms with Gasteiger partial charge in [-0.1, -0.05) is 24.3 Å². The summed E-state index contributed by atoms with van der Waals surface area (Å²) in [5.41, 5.74) is 4.37. The predicted molar refractivity (Wildman–Crippen MR) is 142 cm³/mol. The smallest absolute Gasteiger partial charge is 0.256 e. The van der Waals surface area contributed by atoms with Crippen molar-refractivity contribution in [2.45, 2.75) is 52.3 Å². The topological polar surface area (TPSA) is 43.7 Å². The first kappa shape index (κ1) is 23.5. The number of carbonyl (C=O) groups is 1. The maximum Gasteiger partial charge on any atom is 0.256 e. The molecular formula is C29H32N2O3S. The standard InChI is InChI=1S/C29H32N2O3S/c1-5-30-18-23(22-8-6-7-9-24(22)30)29(32)31-14-12-21-13-15-35-28(21)25(31)16-20-10-11-26(34-19(2)3)27(17-20)33-4/h6-11,13,15,17-19,25H,5,12,14,16H2,1-4H3. The zero-order valence-electron chi connectivity index (χ0n) is 20.8. The maximum absolute atomic E-state index is 14.0. The van der Waals surface area contributed by atoms with E-state index in [2.05, 4.69) is 46.0 Å². The largest absolute Gasteiger partial charge is 0.493 e. The number of benzene rings is 2. The van der Waals surface area contributed by atoms with Gasteiger partial charge in [0.1, 0.15) is 0 Å². The molecule has 182 valence electrons. The first-order valence-corrected chi connectivity index (χ1v) is 13.2. The number of carbonyl (C=O) groups excluding carboxylic acids is 1. The third-order valence-electron chi connectivity index (χ3n) is 6.72. The minimum atomic E-state index is -0.0171. The molecule has 0 aliphatic carbocycles. The van der Waals surface area contributed by atoms with E-state index in [-0.39, 0.29) is 18.1 Å². The second-order valence-electron chi connectivity index (χ2n) is 9.28. The van der Waals surface area contributed by atoms with Crippen molar-refractivity contribution in [2.24, 2.45) is 0 Å². The van der Waals surface area contributed by atoms with E-state index in [0.29, 0.717) is 6.54 Å². The zero-order valence-corrected chi connectivity index (χ0v) is 21.6. The first-order chi connectivity index (χ1) is 17.0. The van der Waals surface area contributed by atoms with Gasteiger partial charge in [0, 0.05) is 35.1 Å². The minimum absolute atomic E-state index is 0.0171. The van der Waals surface area contributed by atoms with E-state index in [1.165, 1.54) is 10.4 Å². The van der Waals surface area contributed by atoms with E-state index in [9.17, 15) is 4.79 Å². The van der Waals surface area contributed by atoms with E-state index in [0.717, 1.165) is 52.9 Å². The number of aromatic nitrogens is 1. The van der Waals surface area contributed by atoms with Crippen LogP contribution >= 0.6 is 11.3 Å². The second-order valence-corrected chi connectivity index (χ2v) is 10.2. The van der Waals surface area contributed by atoms with Gasteiger partial charge in [0.25, 0.3) is 5.91 Å². The number of ether oxygens (including phenoxy) is 2. The summed E-state index contributed by atoms with van der Waals surface area (Å²) in [6.07, 6.45) is 3.71. The Labute approximate surface area is 210 Å². The quantitative estimate of drug-likeness (QED) is 0.298. The maximum atomic E-state index is 14.0. The molecule has 2 aromatic heterocycles. The van der Waals surface area contributed by atoms with Crippen LogP contribution in [0.4, 0.5) is 0 Å². The Bertz CT molecular complexity index is 1350. The van der Waals surface area contributed by atoms with Crippen LogP contribution in [0.1, 0.15) is 53.2 Å². The number of thiophene rings is 1. The van der Waals surface area contributed by atoms with Crippen LogP contribution in [0.15, 0.2) is 60.1 Å². The van der Waals surface area contributed by atoms with Gasteiger partial charge in [-0.15, -0.1) is 11.3 Å². The molecule has 5 rings (SSSR count). The Morgan fingerprint density at radius 2 is 1.97 bits per heavy atom. The van der Waals surface area contributed by atoms with Crippen LogP contribution in [-0.2, 0) is 19.4 Å². The number of aryl methyl sites for hydroxylation is 1. The van der Waals surface area contributed by atoms with Gasteiger partial charge in [-0.25, -0.2) is 0 Å². The third kappa shape index (κ3) is 4.43. The van der Waals surface area contributed by atoms with Crippen LogP contribution in [0.2, 0.25) is 0 Å². The van der Waals surface area contributed by atoms with Crippen LogP contribution in [0.25, 0.3) is 10.9 Å². The Hall–Kier alpha value is -3.25. The number of rotatable bonds is 7. The number of hydrogen-bond acceptors (Lipinski definition) is 4. The summed E-state index contributed by atoms with van der Waals surface area (Å²) < 4.78 is 13.7. The average molecular weight is 489 g/mol. The highest BCUT2D eigenvalue weighted by Crippen LogP contribution is 2.39. The van der Waals surface area contributed by atoms with Gasteiger partial charge < -0.3 is 18.9 Å². The van der Waals surface area contributed by atoms with Crippen LogP contribution in [0.3, 0.4) is 0 Å². The number of amides is 1. The van der Waals surface area contributed by atoms with Gasteiger partial charge in [0.05, 0.1) is 24.8 Å². The molecule has 1 aliphatic heterocycles. The number of nitrogens with zero attached hydrogens (tertiary/aromatic N) is 2. The van der Waals surface area contributed by atoms with Crippen LogP contribution in [-0.4, -0.2) is 35.1 Å². The molecule has 3 heterocycles. The highest BCUT2D eigenvalue weighted by atomic mass is 32.1. The fourth-order valence-electron chi connectivity index (χ4n) is 5.08. The Balaban J connectivity index is 1.51. The first-order valence-electron chi connectivity index (χ1n) is 12.3. The molecular weight excluding hydrogens is 456 g/mol. The number of hydrogen-bond donors (Lipinski definition) is 0. The van der Waals surface area contributed by atoms with E-state index >= 15 is 0 Å². The molecule has 1 amide bonds. The Morgan fingerprint density at radius 1 is 1.14 bits per heavy atom. The molecule has 0 saturated heterocycles. The van der Waals surface area contributed by atoms with Crippen LogP contribution in [0.5, 0.6) is 11.5 Å². The van der Waals surface area contributed by atoms with Crippen LogP contribution < -0.4 is 9.47 Å². The number of methoxy groups -OCH3 is 1. The van der Waals surface area contributed by atoms with Crippen molar-refractivity contribution in [3.63, 3.8) is 0 Å². The van der Waals surface area contributed by atoms with E-state index in [1.807, 2.05) is 44.3 Å². The minimum Gasteiger partial charge on any atom is -0.493 e. The molecule has 0 fully saturated rings. The lowest BCUT2D eigenvalue weighted by atomic mass is 9.94. The third-order valence-corrected chi connectivity index (χ3v) is 7.78. The van der Waals surface area contributed by atoms with Crippen molar-refractivity contribution >= 4 is 28.1 Å². The van der Waals surface area contributed by atoms with Gasteiger partial charge >= 0.3 is 0 Å². The molecule has 1 aliphatic rings. The fourth-order valence-corrected chi connectivity index (χ4v) is 6.15. The second kappa shape index (κ2) is 9.78. The summed E-state index contributed by atoms with van der Waals surface area (Å²) in [5.74, 6) is 1.57. The summed E-state index contributed by atoms with van der Waals surface area (Å²) in [6.45, 7) is 7.67. The molecule has 0 N–H and O–H groups in total. The molecule has 0 spiro atoms. The molecule has 1 atom stereocenters. The Morgan fingerprint density at radius 3 is 2.74 bits per heavy atom. The van der Waals surface area contributed by atoms with Gasteiger partial charge in [-0.05, 0) is 74.4 Å². The van der Waals surface area contributed by atoms with Gasteiger partial charge in [0.2, 0.25) is 0 Å². The van der Waals surface area contributed by atoms with Crippen molar-refractivity contribution in [3.8, 4) is 11.5 Å². The molecule has 4 aromatic rings. The van der Waals surface area contributed by atoms with E-state index in [1.54, 1.807) is 18.4 Å². The van der Waals surface area contributed by atoms with Gasteiger partial charge in [-0.2, -0.15) is 0 Å². The van der Waals surface area contributed by atoms with Crippen molar-refractivity contribution in [3.05, 3.63) is 81.7 Å². The average Bonchev–Trinajstić information content (AvgIpc) is 3.49. The molecule has 2 aromatic carbocycles. The molecule has 0 radical (unpaired) electrons. The summed E-state index contributed by atoms with van der Waals surface area (Å²) >= 11 is 1.75. The normalized spacial score (nSPS) is 15.5. The van der Waals surface area contributed by atoms with Crippen LogP contribution in [0, 0.1) is 0 Å². The number of para-hydroxylation sites is 1. The fraction of sp³-hybridized carbons (Fsp3) is 0.345.